The van der Waals surface area contributed by atoms with E-state index in [1.807, 2.05) is 44.5 Å². The molecule has 1 unspecified atom stereocenters. The Hall–Kier alpha value is -1.79. The summed E-state index contributed by atoms with van der Waals surface area (Å²) < 4.78 is 7.21. The normalized spacial score (nSPS) is 17.4. The summed E-state index contributed by atoms with van der Waals surface area (Å²) in [6.45, 7) is 6.57. The zero-order valence-corrected chi connectivity index (χ0v) is 16.6. The van der Waals surface area contributed by atoms with E-state index in [1.54, 1.807) is 4.57 Å². The van der Waals surface area contributed by atoms with E-state index in [2.05, 4.69) is 4.98 Å². The van der Waals surface area contributed by atoms with Crippen LogP contribution in [0.15, 0.2) is 28.7 Å². The lowest BCUT2D eigenvalue weighted by molar-refractivity contribution is 0.0759. The molecule has 2 heterocycles. The molecule has 2 aromatic rings. The van der Waals surface area contributed by atoms with Gasteiger partial charge in [-0.15, -0.1) is 11.3 Å². The molecule has 0 saturated heterocycles. The number of hydrogen-bond acceptors (Lipinski definition) is 5. The van der Waals surface area contributed by atoms with Gasteiger partial charge in [0.05, 0.1) is 6.04 Å². The standard InChI is InChI=1S/C20H27N3O2S/c1-4-25-15(3)19-22-17(13-26-19)20(24)23-11-10-14(2)12-18(23)21-16-8-6-5-7-9-16/h10-13,15-16H,4-9H2,1-3H3. The van der Waals surface area contributed by atoms with Crippen LogP contribution in [0.5, 0.6) is 0 Å². The lowest BCUT2D eigenvalue weighted by atomic mass is 9.96. The first-order valence-electron chi connectivity index (χ1n) is 9.43. The van der Waals surface area contributed by atoms with Gasteiger partial charge in [-0.2, -0.15) is 0 Å². The predicted molar refractivity (Wildman–Crippen MR) is 103 cm³/mol. The molecule has 2 aromatic heterocycles. The van der Waals surface area contributed by atoms with E-state index in [-0.39, 0.29) is 12.0 Å². The molecule has 1 saturated carbocycles. The minimum Gasteiger partial charge on any atom is -0.372 e. The molecule has 0 bridgehead atoms. The molecule has 1 fully saturated rings. The average Bonchev–Trinajstić information content (AvgIpc) is 3.13. The van der Waals surface area contributed by atoms with Gasteiger partial charge >= 0.3 is 0 Å². The maximum atomic E-state index is 13.0. The van der Waals surface area contributed by atoms with Crippen LogP contribution < -0.4 is 5.49 Å². The lowest BCUT2D eigenvalue weighted by Crippen LogP contribution is -2.30. The molecule has 0 aromatic carbocycles. The molecule has 26 heavy (non-hydrogen) atoms. The van der Waals surface area contributed by atoms with Gasteiger partial charge in [-0.3, -0.25) is 14.4 Å². The van der Waals surface area contributed by atoms with Crippen molar-refractivity contribution < 1.29 is 9.53 Å². The molecule has 0 radical (unpaired) electrons. The van der Waals surface area contributed by atoms with E-state index < -0.39 is 0 Å². The van der Waals surface area contributed by atoms with Crippen molar-refractivity contribution in [3.63, 3.8) is 0 Å². The molecule has 6 heteroatoms. The minimum atomic E-state index is -0.134. The Bertz CT molecular complexity index is 818. The highest BCUT2D eigenvalue weighted by Gasteiger charge is 2.18. The van der Waals surface area contributed by atoms with E-state index >= 15 is 0 Å². The van der Waals surface area contributed by atoms with Gasteiger partial charge < -0.3 is 4.74 Å². The number of rotatable bonds is 5. The van der Waals surface area contributed by atoms with Crippen molar-refractivity contribution in [1.82, 2.24) is 9.55 Å². The summed E-state index contributed by atoms with van der Waals surface area (Å²) in [5.74, 6) is -0.134. The second kappa shape index (κ2) is 8.73. The molecule has 5 nitrogen and oxygen atoms in total. The minimum absolute atomic E-state index is 0.0963. The van der Waals surface area contributed by atoms with Crippen molar-refractivity contribution in [1.29, 1.82) is 0 Å². The van der Waals surface area contributed by atoms with Gasteiger partial charge in [-0.25, -0.2) is 4.98 Å². The first-order chi connectivity index (χ1) is 12.6. The second-order valence-corrected chi connectivity index (χ2v) is 7.72. The molecule has 1 aliphatic rings. The smallest absolute Gasteiger partial charge is 0.282 e. The van der Waals surface area contributed by atoms with Crippen molar-refractivity contribution in [3.8, 4) is 0 Å². The van der Waals surface area contributed by atoms with Gasteiger partial charge in [0.25, 0.3) is 5.91 Å². The molecule has 0 aliphatic heterocycles. The molecule has 1 aliphatic carbocycles. The van der Waals surface area contributed by atoms with Crippen molar-refractivity contribution in [2.24, 2.45) is 4.99 Å². The van der Waals surface area contributed by atoms with E-state index in [9.17, 15) is 4.79 Å². The predicted octanol–water partition coefficient (Wildman–Crippen LogP) is 4.27. The quantitative estimate of drug-likeness (QED) is 0.786. The SMILES string of the molecule is CCOC(C)c1nc(C(=O)n2ccc(C)cc2=NC2CCCCC2)cs1. The fourth-order valence-corrected chi connectivity index (χ4v) is 4.07. The van der Waals surface area contributed by atoms with E-state index in [4.69, 9.17) is 9.73 Å². The summed E-state index contributed by atoms with van der Waals surface area (Å²) in [6, 6.07) is 4.24. The summed E-state index contributed by atoms with van der Waals surface area (Å²) in [5, 5.41) is 2.64. The Morgan fingerprint density at radius 1 is 1.42 bits per heavy atom. The van der Waals surface area contributed by atoms with Crippen LogP contribution in [0.4, 0.5) is 0 Å². The van der Waals surface area contributed by atoms with E-state index in [1.165, 1.54) is 30.6 Å². The number of carbonyl (C=O) groups is 1. The number of aromatic nitrogens is 2. The number of aryl methyl sites for hydroxylation is 1. The van der Waals surface area contributed by atoms with Gasteiger partial charge in [0.15, 0.2) is 0 Å². The Kier molecular flexibility index (Phi) is 6.38. The first-order valence-corrected chi connectivity index (χ1v) is 10.3. The Morgan fingerprint density at radius 2 is 2.19 bits per heavy atom. The fourth-order valence-electron chi connectivity index (χ4n) is 3.28. The van der Waals surface area contributed by atoms with Crippen LogP contribution in [0.25, 0.3) is 0 Å². The van der Waals surface area contributed by atoms with Gasteiger partial charge in [-0.1, -0.05) is 19.3 Å². The summed E-state index contributed by atoms with van der Waals surface area (Å²) in [7, 11) is 0. The first kappa shape index (κ1) is 19.0. The maximum Gasteiger partial charge on any atom is 0.282 e. The van der Waals surface area contributed by atoms with Crippen LogP contribution in [-0.4, -0.2) is 28.1 Å². The Labute approximate surface area is 158 Å². The average molecular weight is 374 g/mol. The summed E-state index contributed by atoms with van der Waals surface area (Å²) in [5.41, 5.74) is 2.28. The molecule has 1 atom stereocenters. The van der Waals surface area contributed by atoms with Crippen LogP contribution >= 0.6 is 11.3 Å². The monoisotopic (exact) mass is 373 g/mol. The van der Waals surface area contributed by atoms with E-state index in [0.717, 1.165) is 28.9 Å². The van der Waals surface area contributed by atoms with Crippen molar-refractivity contribution in [3.05, 3.63) is 45.5 Å². The number of nitrogens with zero attached hydrogens (tertiary/aromatic N) is 3. The molecular weight excluding hydrogens is 346 g/mol. The third-order valence-corrected chi connectivity index (χ3v) is 5.71. The van der Waals surface area contributed by atoms with Crippen LogP contribution in [0.3, 0.4) is 0 Å². The zero-order valence-electron chi connectivity index (χ0n) is 15.8. The van der Waals surface area contributed by atoms with Crippen molar-refractivity contribution in [2.75, 3.05) is 6.61 Å². The molecule has 140 valence electrons. The third-order valence-electron chi connectivity index (χ3n) is 4.70. The molecule has 3 rings (SSSR count). The summed E-state index contributed by atoms with van der Waals surface area (Å²) >= 11 is 1.46. The van der Waals surface area contributed by atoms with Crippen LogP contribution in [0.1, 0.15) is 73.1 Å². The highest BCUT2D eigenvalue weighted by atomic mass is 32.1. The lowest BCUT2D eigenvalue weighted by Gasteiger charge is -2.17. The summed E-state index contributed by atoms with van der Waals surface area (Å²) in [4.78, 5) is 22.4. The van der Waals surface area contributed by atoms with E-state index in [0.29, 0.717) is 18.3 Å². The van der Waals surface area contributed by atoms with Gasteiger partial charge in [0, 0.05) is 18.2 Å². The van der Waals surface area contributed by atoms with Gasteiger partial charge in [-0.05, 0) is 51.3 Å². The topological polar surface area (TPSA) is 56.5 Å². The van der Waals surface area contributed by atoms with Crippen LogP contribution in [0.2, 0.25) is 0 Å². The van der Waals surface area contributed by atoms with Gasteiger partial charge in [0.2, 0.25) is 0 Å². The number of ether oxygens (including phenoxy) is 1. The number of hydrogen-bond donors (Lipinski definition) is 0. The third kappa shape index (κ3) is 4.48. The Balaban J connectivity index is 1.91. The number of pyridine rings is 1. The van der Waals surface area contributed by atoms with Crippen molar-refractivity contribution >= 4 is 17.2 Å². The second-order valence-electron chi connectivity index (χ2n) is 6.83. The summed E-state index contributed by atoms with van der Waals surface area (Å²) in [6.07, 6.45) is 7.66. The van der Waals surface area contributed by atoms with Gasteiger partial charge in [0.1, 0.15) is 22.3 Å². The molecule has 0 N–H and O–H groups in total. The molecule has 0 amide bonds. The van der Waals surface area contributed by atoms with Crippen LogP contribution in [-0.2, 0) is 4.74 Å². The Morgan fingerprint density at radius 3 is 2.92 bits per heavy atom. The highest BCUT2D eigenvalue weighted by Crippen LogP contribution is 2.22. The number of thiazole rings is 1. The molecular formula is C20H27N3O2S. The van der Waals surface area contributed by atoms with Crippen molar-refractivity contribution in [2.45, 2.75) is 65.0 Å². The fraction of sp³-hybridized carbons (Fsp3) is 0.550. The highest BCUT2D eigenvalue weighted by molar-refractivity contribution is 7.09. The molecule has 0 spiro atoms. The maximum absolute atomic E-state index is 13.0. The largest absolute Gasteiger partial charge is 0.372 e. The zero-order chi connectivity index (χ0) is 18.5. The van der Waals surface area contributed by atoms with Crippen LogP contribution in [0, 0.1) is 6.92 Å². The number of carbonyl (C=O) groups excluding carboxylic acids is 1.